The summed E-state index contributed by atoms with van der Waals surface area (Å²) < 4.78 is 4.86. The van der Waals surface area contributed by atoms with Crippen LogP contribution in [0.25, 0.3) is 0 Å². The molecule has 1 fully saturated rings. The normalized spacial score (nSPS) is 30.5. The summed E-state index contributed by atoms with van der Waals surface area (Å²) in [5, 5.41) is 0. The second-order valence-corrected chi connectivity index (χ2v) is 1.69. The van der Waals surface area contributed by atoms with Gasteiger partial charge in [-0.15, -0.1) is 0 Å². The van der Waals surface area contributed by atoms with Gasteiger partial charge in [0.05, 0.1) is 12.7 Å². The summed E-state index contributed by atoms with van der Waals surface area (Å²) in [7, 11) is 3.10. The van der Waals surface area contributed by atoms with Crippen LogP contribution >= 0.6 is 0 Å². The molecule has 1 heterocycles. The smallest absolute Gasteiger partial charge is 0.140 e. The molecular formula is C3H6NOSi. The van der Waals surface area contributed by atoms with Crippen molar-refractivity contribution in [2.45, 2.75) is 6.10 Å². The van der Waals surface area contributed by atoms with E-state index in [1.807, 2.05) is 0 Å². The van der Waals surface area contributed by atoms with Gasteiger partial charge in [-0.3, -0.25) is 0 Å². The van der Waals surface area contributed by atoms with E-state index in [1.54, 1.807) is 0 Å². The topological polar surface area (TPSA) is 24.6 Å². The van der Waals surface area contributed by atoms with Gasteiger partial charge < -0.3 is 9.72 Å². The Hall–Kier alpha value is 0.137. The van der Waals surface area contributed by atoms with Crippen molar-refractivity contribution >= 4 is 10.4 Å². The fourth-order valence-electron chi connectivity index (χ4n) is 0.300. The van der Waals surface area contributed by atoms with E-state index in [4.69, 9.17) is 4.74 Å². The predicted octanol–water partition coefficient (Wildman–Crippen LogP) is -0.942. The third-order valence-corrected chi connectivity index (χ3v) is 0.936. The highest BCUT2D eigenvalue weighted by molar-refractivity contribution is 6.04. The SMILES string of the molecule is [Si]NCC1CO1. The molecule has 1 atom stereocenters. The van der Waals surface area contributed by atoms with Crippen LogP contribution in [-0.4, -0.2) is 29.7 Å². The Balaban J connectivity index is 1.88. The van der Waals surface area contributed by atoms with Gasteiger partial charge in [-0.05, 0) is 0 Å². The molecule has 1 rings (SSSR count). The Morgan fingerprint density at radius 1 is 2.00 bits per heavy atom. The average molecular weight is 100 g/mol. The van der Waals surface area contributed by atoms with Gasteiger partial charge in [-0.1, -0.05) is 0 Å². The minimum absolute atomic E-state index is 0.488. The van der Waals surface area contributed by atoms with Crippen LogP contribution in [0.4, 0.5) is 0 Å². The summed E-state index contributed by atoms with van der Waals surface area (Å²) in [6.45, 7) is 1.86. The highest BCUT2D eigenvalue weighted by Gasteiger charge is 2.19. The lowest BCUT2D eigenvalue weighted by molar-refractivity contribution is 0.408. The quantitative estimate of drug-likeness (QED) is 0.358. The molecule has 2 nitrogen and oxygen atoms in total. The van der Waals surface area contributed by atoms with Crippen LogP contribution in [0.15, 0.2) is 0 Å². The van der Waals surface area contributed by atoms with Gasteiger partial charge in [0.15, 0.2) is 0 Å². The fraction of sp³-hybridized carbons (Fsp3) is 1.00. The molecule has 6 heavy (non-hydrogen) atoms. The van der Waals surface area contributed by atoms with Crippen molar-refractivity contribution in [2.75, 3.05) is 13.2 Å². The van der Waals surface area contributed by atoms with Crippen LogP contribution in [0.5, 0.6) is 0 Å². The van der Waals surface area contributed by atoms with Gasteiger partial charge in [-0.2, -0.15) is 0 Å². The molecule has 0 aliphatic carbocycles. The number of epoxide rings is 1. The predicted molar refractivity (Wildman–Crippen MR) is 23.5 cm³/mol. The number of ether oxygens (including phenoxy) is 1. The van der Waals surface area contributed by atoms with E-state index >= 15 is 0 Å². The zero-order valence-corrected chi connectivity index (χ0v) is 4.40. The lowest BCUT2D eigenvalue weighted by atomic mass is 10.5. The maximum atomic E-state index is 4.86. The van der Waals surface area contributed by atoms with Gasteiger partial charge in [0.2, 0.25) is 0 Å². The van der Waals surface area contributed by atoms with Gasteiger partial charge in [0.1, 0.15) is 10.4 Å². The second-order valence-electron chi connectivity index (χ2n) is 1.34. The highest BCUT2D eigenvalue weighted by atomic mass is 28.2. The zero-order valence-electron chi connectivity index (χ0n) is 3.40. The molecule has 0 aromatic heterocycles. The number of hydrogen-bond acceptors (Lipinski definition) is 2. The van der Waals surface area contributed by atoms with Crippen molar-refractivity contribution < 1.29 is 4.74 Å². The highest BCUT2D eigenvalue weighted by Crippen LogP contribution is 2.04. The summed E-state index contributed by atoms with van der Waals surface area (Å²) in [5.41, 5.74) is 0. The maximum absolute atomic E-state index is 4.86. The summed E-state index contributed by atoms with van der Waals surface area (Å²) in [6.07, 6.45) is 0.488. The molecule has 1 N–H and O–H groups in total. The molecule has 1 saturated heterocycles. The minimum Gasteiger partial charge on any atom is -0.372 e. The monoisotopic (exact) mass is 100 g/mol. The van der Waals surface area contributed by atoms with E-state index in [2.05, 4.69) is 15.4 Å². The van der Waals surface area contributed by atoms with E-state index in [0.717, 1.165) is 13.2 Å². The Morgan fingerprint density at radius 3 is 2.83 bits per heavy atom. The standard InChI is InChI=1S/C3H6NOSi/c6-4-1-3-2-5-3/h3-4H,1-2H2. The average Bonchev–Trinajstić information content (AvgIpc) is 2.21. The number of hydrogen-bond donors (Lipinski definition) is 1. The Labute approximate surface area is 40.4 Å². The molecule has 0 aromatic rings. The van der Waals surface area contributed by atoms with E-state index in [9.17, 15) is 0 Å². The van der Waals surface area contributed by atoms with Crippen molar-refractivity contribution in [1.82, 2.24) is 4.98 Å². The van der Waals surface area contributed by atoms with Crippen LogP contribution in [0.2, 0.25) is 0 Å². The van der Waals surface area contributed by atoms with Crippen molar-refractivity contribution in [1.29, 1.82) is 0 Å². The number of rotatable bonds is 2. The van der Waals surface area contributed by atoms with Crippen LogP contribution in [0.1, 0.15) is 0 Å². The second kappa shape index (κ2) is 1.73. The Morgan fingerprint density at radius 2 is 2.67 bits per heavy atom. The molecule has 33 valence electrons. The molecule has 0 amide bonds. The van der Waals surface area contributed by atoms with E-state index in [-0.39, 0.29) is 0 Å². The van der Waals surface area contributed by atoms with E-state index in [0.29, 0.717) is 6.10 Å². The summed E-state index contributed by atoms with van der Waals surface area (Å²) in [5.74, 6) is 0. The largest absolute Gasteiger partial charge is 0.372 e. The first-order chi connectivity index (χ1) is 2.93. The summed E-state index contributed by atoms with van der Waals surface area (Å²) in [4.78, 5) is 2.81. The molecule has 3 heteroatoms. The summed E-state index contributed by atoms with van der Waals surface area (Å²) in [6, 6.07) is 0. The van der Waals surface area contributed by atoms with Crippen molar-refractivity contribution in [3.8, 4) is 0 Å². The van der Waals surface area contributed by atoms with E-state index in [1.165, 1.54) is 0 Å². The van der Waals surface area contributed by atoms with Gasteiger partial charge in [0, 0.05) is 6.54 Å². The lowest BCUT2D eigenvalue weighted by Gasteiger charge is -1.84. The van der Waals surface area contributed by atoms with Crippen molar-refractivity contribution in [3.63, 3.8) is 0 Å². The first-order valence-corrected chi connectivity index (χ1v) is 2.44. The maximum Gasteiger partial charge on any atom is 0.140 e. The molecule has 1 aliphatic rings. The molecular weight excluding hydrogens is 94.1 g/mol. The summed E-state index contributed by atoms with van der Waals surface area (Å²) >= 11 is 0. The first-order valence-electron chi connectivity index (χ1n) is 1.94. The molecule has 1 unspecified atom stereocenters. The molecule has 0 aromatic carbocycles. The van der Waals surface area contributed by atoms with Gasteiger partial charge in [0.25, 0.3) is 0 Å². The van der Waals surface area contributed by atoms with Crippen molar-refractivity contribution in [3.05, 3.63) is 0 Å². The third kappa shape index (κ3) is 1.08. The first kappa shape index (κ1) is 4.30. The zero-order chi connectivity index (χ0) is 4.41. The fourth-order valence-corrected chi connectivity index (χ4v) is 0.527. The molecule has 1 aliphatic heterocycles. The molecule has 3 radical (unpaired) electrons. The van der Waals surface area contributed by atoms with Crippen LogP contribution in [0.3, 0.4) is 0 Å². The molecule has 0 bridgehead atoms. The van der Waals surface area contributed by atoms with Gasteiger partial charge in [-0.25, -0.2) is 0 Å². The van der Waals surface area contributed by atoms with Gasteiger partial charge >= 0.3 is 0 Å². The molecule has 0 saturated carbocycles. The van der Waals surface area contributed by atoms with Crippen LogP contribution < -0.4 is 4.98 Å². The third-order valence-electron chi connectivity index (χ3n) is 0.732. The van der Waals surface area contributed by atoms with Crippen LogP contribution in [-0.2, 0) is 4.74 Å². The number of nitrogens with one attached hydrogen (secondary N) is 1. The lowest BCUT2D eigenvalue weighted by Crippen LogP contribution is -2.14. The Bertz CT molecular complexity index is 46.1. The van der Waals surface area contributed by atoms with Crippen molar-refractivity contribution in [2.24, 2.45) is 0 Å². The van der Waals surface area contributed by atoms with Crippen LogP contribution in [0, 0.1) is 0 Å². The minimum atomic E-state index is 0.488. The Kier molecular flexibility index (Phi) is 1.24. The van der Waals surface area contributed by atoms with E-state index < -0.39 is 0 Å². The molecule has 0 spiro atoms.